The molecule has 5 rings (SSSR count). The molecule has 0 bridgehead atoms. The molecule has 2 aromatic heterocycles. The first kappa shape index (κ1) is 15.3. The molecule has 25 heavy (non-hydrogen) atoms. The summed E-state index contributed by atoms with van der Waals surface area (Å²) >= 11 is 3.67. The summed E-state index contributed by atoms with van der Waals surface area (Å²) in [5.41, 5.74) is 2.36. The van der Waals surface area contributed by atoms with Crippen molar-refractivity contribution in [3.63, 3.8) is 0 Å². The number of hydrogen-bond acceptors (Lipinski definition) is 5. The molecular formula is C19H18NO3S2+. The topological polar surface area (TPSA) is 43.1 Å². The molecular weight excluding hydrogens is 354 g/mol. The van der Waals surface area contributed by atoms with E-state index in [-0.39, 0.29) is 12.5 Å². The minimum Gasteiger partial charge on any atom is -0.507 e. The molecule has 1 unspecified atom stereocenters. The van der Waals surface area contributed by atoms with Crippen molar-refractivity contribution >= 4 is 22.7 Å². The molecule has 2 aliphatic rings. The highest BCUT2D eigenvalue weighted by Crippen LogP contribution is 2.38. The number of quaternary nitrogens is 1. The van der Waals surface area contributed by atoms with Gasteiger partial charge in [0.2, 0.25) is 6.79 Å². The van der Waals surface area contributed by atoms with E-state index < -0.39 is 0 Å². The summed E-state index contributed by atoms with van der Waals surface area (Å²) in [6.07, 6.45) is 1.09. The third-order valence-electron chi connectivity index (χ3n) is 4.99. The van der Waals surface area contributed by atoms with E-state index in [0.717, 1.165) is 30.8 Å². The van der Waals surface area contributed by atoms with Gasteiger partial charge in [-0.1, -0.05) is 6.07 Å². The quantitative estimate of drug-likeness (QED) is 0.743. The van der Waals surface area contributed by atoms with Gasteiger partial charge in [-0.05, 0) is 29.0 Å². The second-order valence-electron chi connectivity index (χ2n) is 6.42. The number of thiophene rings is 2. The normalized spacial score (nSPS) is 21.3. The number of rotatable bonds is 3. The standard InChI is InChI=1S/C19H17NO3S2/c21-14-9-16-15(22-11-23-16)8-12(14)10-20-5-3-17-13(4-7-25-17)19(20)18-2-1-6-24-18/h1-2,4,6-9,19,21H,3,5,10-11H2/p+1/t19-/m1/s1. The van der Waals surface area contributed by atoms with E-state index in [1.54, 1.807) is 6.07 Å². The van der Waals surface area contributed by atoms with Crippen molar-refractivity contribution in [1.29, 1.82) is 0 Å². The van der Waals surface area contributed by atoms with Crippen LogP contribution >= 0.6 is 22.7 Å². The first-order chi connectivity index (χ1) is 12.3. The smallest absolute Gasteiger partial charge is 0.231 e. The molecule has 128 valence electrons. The number of aromatic hydroxyl groups is 1. The third-order valence-corrected chi connectivity index (χ3v) is 6.93. The van der Waals surface area contributed by atoms with E-state index in [1.165, 1.54) is 20.2 Å². The lowest BCUT2D eigenvalue weighted by molar-refractivity contribution is -0.940. The number of benzene rings is 1. The Morgan fingerprint density at radius 3 is 2.84 bits per heavy atom. The SMILES string of the molecule is Oc1cc2c(cc1C[NH+]1CCc3sccc3[C@@H]1c1cccs1)OCO2. The van der Waals surface area contributed by atoms with Gasteiger partial charge in [-0.2, -0.15) is 0 Å². The van der Waals surface area contributed by atoms with Gasteiger partial charge >= 0.3 is 0 Å². The Bertz CT molecular complexity index is 904. The Labute approximate surface area is 153 Å². The van der Waals surface area contributed by atoms with Gasteiger partial charge in [0, 0.05) is 22.9 Å². The maximum atomic E-state index is 10.4. The zero-order chi connectivity index (χ0) is 16.8. The van der Waals surface area contributed by atoms with E-state index in [0.29, 0.717) is 11.8 Å². The summed E-state index contributed by atoms with van der Waals surface area (Å²) in [4.78, 5) is 4.34. The Balaban J connectivity index is 1.51. The van der Waals surface area contributed by atoms with Crippen molar-refractivity contribution in [3.05, 3.63) is 62.0 Å². The molecule has 0 fully saturated rings. The summed E-state index contributed by atoms with van der Waals surface area (Å²) in [5, 5.41) is 14.8. The van der Waals surface area contributed by atoms with Gasteiger partial charge in [-0.15, -0.1) is 22.7 Å². The summed E-state index contributed by atoms with van der Waals surface area (Å²) in [7, 11) is 0. The van der Waals surface area contributed by atoms with Crippen molar-refractivity contribution < 1.29 is 19.5 Å². The van der Waals surface area contributed by atoms with E-state index in [2.05, 4.69) is 29.0 Å². The molecule has 4 nitrogen and oxygen atoms in total. The van der Waals surface area contributed by atoms with Gasteiger partial charge in [0.1, 0.15) is 18.3 Å². The van der Waals surface area contributed by atoms with Crippen LogP contribution in [0.5, 0.6) is 17.2 Å². The highest BCUT2D eigenvalue weighted by atomic mass is 32.1. The van der Waals surface area contributed by atoms with E-state index >= 15 is 0 Å². The summed E-state index contributed by atoms with van der Waals surface area (Å²) in [5.74, 6) is 1.65. The molecule has 0 aliphatic carbocycles. The lowest BCUT2D eigenvalue weighted by Crippen LogP contribution is -3.12. The Kier molecular flexibility index (Phi) is 3.69. The number of hydrogen-bond donors (Lipinski definition) is 2. The molecule has 4 heterocycles. The number of nitrogens with one attached hydrogen (secondary N) is 1. The largest absolute Gasteiger partial charge is 0.507 e. The van der Waals surface area contributed by atoms with Crippen LogP contribution < -0.4 is 14.4 Å². The zero-order valence-electron chi connectivity index (χ0n) is 13.5. The van der Waals surface area contributed by atoms with Crippen LogP contribution in [0.15, 0.2) is 41.1 Å². The average molecular weight is 372 g/mol. The molecule has 2 atom stereocenters. The van der Waals surface area contributed by atoms with Gasteiger partial charge in [-0.25, -0.2) is 0 Å². The molecule has 2 N–H and O–H groups in total. The molecule has 1 aromatic carbocycles. The van der Waals surface area contributed by atoms with Crippen LogP contribution in [-0.2, 0) is 13.0 Å². The predicted molar refractivity (Wildman–Crippen MR) is 97.9 cm³/mol. The molecule has 0 saturated heterocycles. The van der Waals surface area contributed by atoms with Gasteiger partial charge in [0.05, 0.1) is 17.0 Å². The average Bonchev–Trinajstić information content (AvgIpc) is 3.36. The minimum absolute atomic E-state index is 0.227. The van der Waals surface area contributed by atoms with Crippen molar-refractivity contribution in [1.82, 2.24) is 0 Å². The number of ether oxygens (including phenoxy) is 2. The summed E-state index contributed by atoms with van der Waals surface area (Å²) in [6, 6.07) is 10.6. The van der Waals surface area contributed by atoms with Crippen molar-refractivity contribution in [2.45, 2.75) is 19.0 Å². The molecule has 0 saturated carbocycles. The first-order valence-corrected chi connectivity index (χ1v) is 10.1. The van der Waals surface area contributed by atoms with Crippen LogP contribution in [0, 0.1) is 0 Å². The predicted octanol–water partition coefficient (Wildman–Crippen LogP) is 2.97. The monoisotopic (exact) mass is 372 g/mol. The summed E-state index contributed by atoms with van der Waals surface area (Å²) in [6.45, 7) is 2.05. The van der Waals surface area contributed by atoms with Crippen LogP contribution in [0.3, 0.4) is 0 Å². The highest BCUT2D eigenvalue weighted by molar-refractivity contribution is 7.10. The van der Waals surface area contributed by atoms with Gasteiger partial charge < -0.3 is 19.5 Å². The molecule has 0 radical (unpaired) electrons. The molecule has 2 aliphatic heterocycles. The Morgan fingerprint density at radius 2 is 2.00 bits per heavy atom. The summed E-state index contributed by atoms with van der Waals surface area (Å²) < 4.78 is 10.8. The van der Waals surface area contributed by atoms with Crippen molar-refractivity contribution in [3.8, 4) is 17.2 Å². The number of phenolic OH excluding ortho intramolecular Hbond substituents is 1. The van der Waals surface area contributed by atoms with Gasteiger partial charge in [-0.3, -0.25) is 0 Å². The maximum Gasteiger partial charge on any atom is 0.231 e. The Hall–Kier alpha value is -2.02. The molecule has 3 aromatic rings. The van der Waals surface area contributed by atoms with E-state index in [4.69, 9.17) is 9.47 Å². The number of phenols is 1. The third kappa shape index (κ3) is 2.61. The number of fused-ring (bicyclic) bond motifs is 2. The van der Waals surface area contributed by atoms with Crippen molar-refractivity contribution in [2.24, 2.45) is 0 Å². The molecule has 0 spiro atoms. The second-order valence-corrected chi connectivity index (χ2v) is 8.40. The van der Waals surface area contributed by atoms with Crippen molar-refractivity contribution in [2.75, 3.05) is 13.3 Å². The fourth-order valence-electron chi connectivity index (χ4n) is 3.81. The van der Waals surface area contributed by atoms with Crippen LogP contribution in [0.1, 0.15) is 26.9 Å². The van der Waals surface area contributed by atoms with Crippen LogP contribution in [-0.4, -0.2) is 18.4 Å². The molecule has 0 amide bonds. The van der Waals surface area contributed by atoms with E-state index in [9.17, 15) is 5.11 Å². The minimum atomic E-state index is 0.227. The van der Waals surface area contributed by atoms with Crippen LogP contribution in [0.25, 0.3) is 0 Å². The van der Waals surface area contributed by atoms with Crippen LogP contribution in [0.2, 0.25) is 0 Å². The lowest BCUT2D eigenvalue weighted by atomic mass is 9.97. The zero-order valence-corrected chi connectivity index (χ0v) is 15.2. The lowest BCUT2D eigenvalue weighted by Gasteiger charge is -2.32. The first-order valence-electron chi connectivity index (χ1n) is 8.35. The Morgan fingerprint density at radius 1 is 1.12 bits per heavy atom. The van der Waals surface area contributed by atoms with Gasteiger partial charge in [0.15, 0.2) is 11.5 Å². The van der Waals surface area contributed by atoms with Crippen LogP contribution in [0.4, 0.5) is 0 Å². The fraction of sp³-hybridized carbons (Fsp3) is 0.263. The van der Waals surface area contributed by atoms with Gasteiger partial charge in [0.25, 0.3) is 0 Å². The molecule has 6 heteroatoms. The van der Waals surface area contributed by atoms with E-state index in [1.807, 2.05) is 28.7 Å². The highest BCUT2D eigenvalue weighted by Gasteiger charge is 2.34. The maximum absolute atomic E-state index is 10.4. The second kappa shape index (κ2) is 6.05. The fourth-order valence-corrected chi connectivity index (χ4v) is 5.63.